The Balaban J connectivity index is 2.59. The average molecular weight is 234 g/mol. The van der Waals surface area contributed by atoms with Crippen molar-refractivity contribution in [1.82, 2.24) is 0 Å². The number of rotatable bonds is 5. The number of unbranched alkanes of at least 4 members (excludes halogenated alkanes) is 2. The molecule has 0 heterocycles. The van der Waals surface area contributed by atoms with Crippen LogP contribution in [0.15, 0.2) is 12.1 Å². The van der Waals surface area contributed by atoms with Crippen LogP contribution in [0.4, 0.5) is 14.5 Å². The molecule has 4 heteroatoms. The highest BCUT2D eigenvalue weighted by atomic mass is 19.2. The first kappa shape index (κ1) is 13.0. The molecule has 1 rings (SSSR count). The van der Waals surface area contributed by atoms with Gasteiger partial charge in [0, 0.05) is 13.0 Å². The molecule has 0 aliphatic heterocycles. The van der Waals surface area contributed by atoms with Gasteiger partial charge in [0.25, 0.3) is 0 Å². The summed E-state index contributed by atoms with van der Waals surface area (Å²) >= 11 is 0. The second kappa shape index (κ2) is 6.50. The Labute approximate surface area is 99.3 Å². The number of anilines is 1. The SMILES string of the molecule is C#CCCCCNc1ccc(C#N)c(F)c1F. The van der Waals surface area contributed by atoms with Crippen LogP contribution in [0.25, 0.3) is 0 Å². The Kier molecular flexibility index (Phi) is 4.97. The van der Waals surface area contributed by atoms with Crippen LogP contribution in [-0.2, 0) is 0 Å². The first-order valence-electron chi connectivity index (χ1n) is 5.26. The predicted molar refractivity (Wildman–Crippen MR) is 62.2 cm³/mol. The third-order valence-corrected chi connectivity index (χ3v) is 2.27. The van der Waals surface area contributed by atoms with Gasteiger partial charge >= 0.3 is 0 Å². The van der Waals surface area contributed by atoms with Crippen LogP contribution in [-0.4, -0.2) is 6.54 Å². The van der Waals surface area contributed by atoms with E-state index in [-0.39, 0.29) is 11.3 Å². The standard InChI is InChI=1S/C13H12F2N2/c1-2-3-4-5-8-17-11-7-6-10(9-16)12(14)13(11)15/h1,6-7,17H,3-5,8H2. The van der Waals surface area contributed by atoms with Crippen LogP contribution >= 0.6 is 0 Å². The molecule has 0 saturated heterocycles. The van der Waals surface area contributed by atoms with E-state index >= 15 is 0 Å². The molecule has 0 unspecified atom stereocenters. The Morgan fingerprint density at radius 3 is 2.65 bits per heavy atom. The van der Waals surface area contributed by atoms with Crippen molar-refractivity contribution < 1.29 is 8.78 Å². The monoisotopic (exact) mass is 234 g/mol. The topological polar surface area (TPSA) is 35.8 Å². The molecule has 1 aromatic rings. The van der Waals surface area contributed by atoms with E-state index < -0.39 is 11.6 Å². The van der Waals surface area contributed by atoms with E-state index in [0.29, 0.717) is 13.0 Å². The van der Waals surface area contributed by atoms with E-state index in [4.69, 9.17) is 11.7 Å². The van der Waals surface area contributed by atoms with Crippen LogP contribution in [0.2, 0.25) is 0 Å². The van der Waals surface area contributed by atoms with Crippen molar-refractivity contribution in [1.29, 1.82) is 5.26 Å². The van der Waals surface area contributed by atoms with Gasteiger partial charge in [-0.3, -0.25) is 0 Å². The third kappa shape index (κ3) is 3.46. The lowest BCUT2D eigenvalue weighted by Gasteiger charge is -2.07. The van der Waals surface area contributed by atoms with Gasteiger partial charge in [-0.25, -0.2) is 8.78 Å². The van der Waals surface area contributed by atoms with Gasteiger partial charge in [0.15, 0.2) is 11.6 Å². The van der Waals surface area contributed by atoms with E-state index in [0.717, 1.165) is 12.8 Å². The smallest absolute Gasteiger partial charge is 0.183 e. The van der Waals surface area contributed by atoms with Gasteiger partial charge in [-0.15, -0.1) is 12.3 Å². The summed E-state index contributed by atoms with van der Waals surface area (Å²) in [5.41, 5.74) is -0.220. The third-order valence-electron chi connectivity index (χ3n) is 2.27. The quantitative estimate of drug-likeness (QED) is 0.627. The summed E-state index contributed by atoms with van der Waals surface area (Å²) in [5.74, 6) is 0.381. The highest BCUT2D eigenvalue weighted by Gasteiger charge is 2.12. The van der Waals surface area contributed by atoms with Crippen molar-refractivity contribution in [2.24, 2.45) is 0 Å². The Bertz CT molecular complexity index is 470. The normalized spacial score (nSPS) is 9.41. The summed E-state index contributed by atoms with van der Waals surface area (Å²) in [4.78, 5) is 0. The number of hydrogen-bond acceptors (Lipinski definition) is 2. The second-order valence-electron chi connectivity index (χ2n) is 3.49. The lowest BCUT2D eigenvalue weighted by molar-refractivity contribution is 0.508. The minimum absolute atomic E-state index is 0.0715. The van der Waals surface area contributed by atoms with Crippen LogP contribution in [0.1, 0.15) is 24.8 Å². The first-order chi connectivity index (χ1) is 8.20. The summed E-state index contributed by atoms with van der Waals surface area (Å²) in [6.45, 7) is 0.518. The molecule has 0 spiro atoms. The van der Waals surface area contributed by atoms with Crippen molar-refractivity contribution in [3.63, 3.8) is 0 Å². The Hall–Kier alpha value is -2.07. The molecule has 88 valence electrons. The summed E-state index contributed by atoms with van der Waals surface area (Å²) in [6.07, 6.45) is 7.38. The number of nitrogens with zero attached hydrogens (tertiary/aromatic N) is 1. The number of halogens is 2. The number of benzene rings is 1. The van der Waals surface area contributed by atoms with Gasteiger partial charge in [0.2, 0.25) is 0 Å². The molecule has 1 aromatic carbocycles. The maximum absolute atomic E-state index is 13.4. The minimum atomic E-state index is -1.11. The summed E-state index contributed by atoms with van der Waals surface area (Å²) < 4.78 is 26.6. The van der Waals surface area contributed by atoms with Crippen molar-refractivity contribution >= 4 is 5.69 Å². The highest BCUT2D eigenvalue weighted by Crippen LogP contribution is 2.20. The van der Waals surface area contributed by atoms with E-state index in [2.05, 4.69) is 11.2 Å². The molecule has 0 radical (unpaired) electrons. The molecule has 0 fully saturated rings. The molecule has 0 amide bonds. The molecule has 0 aliphatic rings. The van der Waals surface area contributed by atoms with E-state index in [9.17, 15) is 8.78 Å². The molecule has 0 atom stereocenters. The van der Waals surface area contributed by atoms with Crippen molar-refractivity contribution in [2.75, 3.05) is 11.9 Å². The lowest BCUT2D eigenvalue weighted by Crippen LogP contribution is -2.05. The van der Waals surface area contributed by atoms with Crippen LogP contribution in [0, 0.1) is 35.3 Å². The van der Waals surface area contributed by atoms with Gasteiger partial charge in [-0.05, 0) is 25.0 Å². The highest BCUT2D eigenvalue weighted by molar-refractivity contribution is 5.49. The molecule has 17 heavy (non-hydrogen) atoms. The lowest BCUT2D eigenvalue weighted by atomic mass is 10.2. The fourth-order valence-corrected chi connectivity index (χ4v) is 1.35. The van der Waals surface area contributed by atoms with Gasteiger partial charge in [0.05, 0.1) is 11.3 Å². The fourth-order valence-electron chi connectivity index (χ4n) is 1.35. The van der Waals surface area contributed by atoms with Crippen LogP contribution in [0.3, 0.4) is 0 Å². The Morgan fingerprint density at radius 1 is 1.24 bits per heavy atom. The molecule has 2 nitrogen and oxygen atoms in total. The van der Waals surface area contributed by atoms with E-state index in [1.165, 1.54) is 12.1 Å². The van der Waals surface area contributed by atoms with Crippen LogP contribution < -0.4 is 5.32 Å². The number of hydrogen-bond donors (Lipinski definition) is 1. The largest absolute Gasteiger partial charge is 0.383 e. The predicted octanol–water partition coefficient (Wildman–Crippen LogP) is 3.05. The molecular formula is C13H12F2N2. The number of nitrogens with one attached hydrogen (secondary N) is 1. The van der Waals surface area contributed by atoms with E-state index in [1.54, 1.807) is 6.07 Å². The van der Waals surface area contributed by atoms with Gasteiger partial charge in [-0.2, -0.15) is 5.26 Å². The molecule has 1 N–H and O–H groups in total. The molecule has 0 bridgehead atoms. The van der Waals surface area contributed by atoms with E-state index in [1.807, 2.05) is 0 Å². The zero-order valence-electron chi connectivity index (χ0n) is 9.26. The van der Waals surface area contributed by atoms with Crippen molar-refractivity contribution in [3.8, 4) is 18.4 Å². The summed E-state index contributed by atoms with van der Waals surface area (Å²) in [7, 11) is 0. The average Bonchev–Trinajstić information content (AvgIpc) is 2.34. The summed E-state index contributed by atoms with van der Waals surface area (Å²) in [5, 5.41) is 11.3. The van der Waals surface area contributed by atoms with Crippen LogP contribution in [0.5, 0.6) is 0 Å². The molecule has 0 aromatic heterocycles. The maximum atomic E-state index is 13.4. The zero-order chi connectivity index (χ0) is 12.7. The van der Waals surface area contributed by atoms with Crippen molar-refractivity contribution in [2.45, 2.75) is 19.3 Å². The summed E-state index contributed by atoms with van der Waals surface area (Å²) in [6, 6.07) is 4.19. The van der Waals surface area contributed by atoms with Gasteiger partial charge < -0.3 is 5.32 Å². The zero-order valence-corrected chi connectivity index (χ0v) is 9.26. The Morgan fingerprint density at radius 2 is 2.00 bits per heavy atom. The van der Waals surface area contributed by atoms with Gasteiger partial charge in [-0.1, -0.05) is 0 Å². The molecular weight excluding hydrogens is 222 g/mol. The first-order valence-corrected chi connectivity index (χ1v) is 5.26. The molecule has 0 aliphatic carbocycles. The van der Waals surface area contributed by atoms with Crippen molar-refractivity contribution in [3.05, 3.63) is 29.3 Å². The number of nitriles is 1. The minimum Gasteiger partial charge on any atom is -0.383 e. The second-order valence-corrected chi connectivity index (χ2v) is 3.49. The number of terminal acetylenes is 1. The molecule has 0 saturated carbocycles. The maximum Gasteiger partial charge on any atom is 0.183 e. The fraction of sp³-hybridized carbons (Fsp3) is 0.308. The van der Waals surface area contributed by atoms with Gasteiger partial charge in [0.1, 0.15) is 6.07 Å².